The van der Waals surface area contributed by atoms with Crippen LogP contribution in [0.3, 0.4) is 0 Å². The van der Waals surface area contributed by atoms with Crippen molar-refractivity contribution in [3.8, 4) is 5.75 Å². The first-order valence-corrected chi connectivity index (χ1v) is 8.58. The average Bonchev–Trinajstić information content (AvgIpc) is 3.11. The summed E-state index contributed by atoms with van der Waals surface area (Å²) in [7, 11) is 0. The lowest BCUT2D eigenvalue weighted by atomic mass is 10.1. The van der Waals surface area contributed by atoms with E-state index in [1.54, 1.807) is 24.3 Å². The third-order valence-corrected chi connectivity index (χ3v) is 4.22. The molecule has 6 heteroatoms. The van der Waals surface area contributed by atoms with Gasteiger partial charge in [-0.1, -0.05) is 36.4 Å². The standard InChI is InChI=1S/C21H19N3O3/c22-16-5-1-2-6-17(16)23-20(25)15-11-9-14(10-12-15)13-26-21-24-18-7-3-4-8-19(18)27-21/h1-12,21,24H,13,22H2,(H,23,25). The van der Waals surface area contributed by atoms with Gasteiger partial charge in [-0.2, -0.15) is 0 Å². The van der Waals surface area contributed by atoms with Gasteiger partial charge in [-0.15, -0.1) is 0 Å². The molecule has 1 unspecified atom stereocenters. The molecule has 0 fully saturated rings. The van der Waals surface area contributed by atoms with Crippen LogP contribution >= 0.6 is 0 Å². The largest absolute Gasteiger partial charge is 0.445 e. The monoisotopic (exact) mass is 361 g/mol. The number of nitrogens with two attached hydrogens (primary N) is 1. The van der Waals surface area contributed by atoms with Crippen LogP contribution in [0.4, 0.5) is 17.1 Å². The van der Waals surface area contributed by atoms with E-state index >= 15 is 0 Å². The van der Waals surface area contributed by atoms with Gasteiger partial charge in [0.15, 0.2) is 0 Å². The number of carbonyl (C=O) groups is 1. The molecular formula is C21H19N3O3. The number of nitrogen functional groups attached to an aromatic ring is 1. The van der Waals surface area contributed by atoms with Crippen LogP contribution in [0.1, 0.15) is 15.9 Å². The summed E-state index contributed by atoms with van der Waals surface area (Å²) in [5.41, 5.74) is 9.37. The molecule has 136 valence electrons. The molecular weight excluding hydrogens is 342 g/mol. The second-order valence-electron chi connectivity index (χ2n) is 6.14. The van der Waals surface area contributed by atoms with Crippen molar-refractivity contribution in [1.29, 1.82) is 0 Å². The van der Waals surface area contributed by atoms with E-state index in [4.69, 9.17) is 15.2 Å². The van der Waals surface area contributed by atoms with Gasteiger partial charge in [-0.3, -0.25) is 4.79 Å². The maximum atomic E-state index is 12.3. The molecule has 0 saturated carbocycles. The molecule has 3 aromatic carbocycles. The van der Waals surface area contributed by atoms with Crippen molar-refractivity contribution in [2.45, 2.75) is 13.0 Å². The highest BCUT2D eigenvalue weighted by Crippen LogP contribution is 2.31. The topological polar surface area (TPSA) is 85.6 Å². The van der Waals surface area contributed by atoms with E-state index in [-0.39, 0.29) is 5.91 Å². The number of para-hydroxylation sites is 4. The Bertz CT molecular complexity index is 932. The zero-order chi connectivity index (χ0) is 18.6. The van der Waals surface area contributed by atoms with Gasteiger partial charge in [0.25, 0.3) is 12.3 Å². The first-order chi connectivity index (χ1) is 13.2. The predicted octanol–water partition coefficient (Wildman–Crippen LogP) is 3.83. The molecule has 3 aromatic rings. The third kappa shape index (κ3) is 3.86. The van der Waals surface area contributed by atoms with E-state index < -0.39 is 6.41 Å². The van der Waals surface area contributed by atoms with E-state index in [9.17, 15) is 4.79 Å². The molecule has 0 saturated heterocycles. The molecule has 1 aliphatic rings. The summed E-state index contributed by atoms with van der Waals surface area (Å²) in [6.07, 6.45) is -0.522. The number of hydrogen-bond donors (Lipinski definition) is 3. The molecule has 4 N–H and O–H groups in total. The number of amides is 1. The number of hydrogen-bond acceptors (Lipinski definition) is 5. The van der Waals surface area contributed by atoms with E-state index in [0.29, 0.717) is 23.5 Å². The molecule has 27 heavy (non-hydrogen) atoms. The van der Waals surface area contributed by atoms with Crippen LogP contribution in [0.15, 0.2) is 72.8 Å². The van der Waals surface area contributed by atoms with E-state index in [0.717, 1.165) is 17.0 Å². The van der Waals surface area contributed by atoms with Crippen molar-refractivity contribution in [3.05, 3.63) is 83.9 Å². The Kier molecular flexibility index (Phi) is 4.63. The fourth-order valence-corrected chi connectivity index (χ4v) is 2.77. The van der Waals surface area contributed by atoms with E-state index in [2.05, 4.69) is 10.6 Å². The van der Waals surface area contributed by atoms with Crippen LogP contribution in [0.5, 0.6) is 5.75 Å². The number of rotatable bonds is 5. The first-order valence-electron chi connectivity index (χ1n) is 8.58. The van der Waals surface area contributed by atoms with Crippen molar-refractivity contribution in [3.63, 3.8) is 0 Å². The zero-order valence-corrected chi connectivity index (χ0v) is 14.5. The second-order valence-corrected chi connectivity index (χ2v) is 6.14. The molecule has 6 nitrogen and oxygen atoms in total. The van der Waals surface area contributed by atoms with Crippen molar-refractivity contribution in [1.82, 2.24) is 0 Å². The summed E-state index contributed by atoms with van der Waals surface area (Å²) in [6.45, 7) is 0.360. The van der Waals surface area contributed by atoms with Crippen molar-refractivity contribution >= 4 is 23.0 Å². The van der Waals surface area contributed by atoms with E-state index in [1.807, 2.05) is 48.5 Å². The third-order valence-electron chi connectivity index (χ3n) is 4.22. The minimum atomic E-state index is -0.522. The highest BCUT2D eigenvalue weighted by atomic mass is 16.7. The second kappa shape index (κ2) is 7.39. The molecule has 4 rings (SSSR count). The summed E-state index contributed by atoms with van der Waals surface area (Å²) >= 11 is 0. The lowest BCUT2D eigenvalue weighted by Crippen LogP contribution is -2.23. The SMILES string of the molecule is Nc1ccccc1NC(=O)c1ccc(COC2Nc3ccccc3O2)cc1. The van der Waals surface area contributed by atoms with Gasteiger partial charge < -0.3 is 25.8 Å². The lowest BCUT2D eigenvalue weighted by Gasteiger charge is -2.12. The van der Waals surface area contributed by atoms with Gasteiger partial charge in [0.2, 0.25) is 0 Å². The predicted molar refractivity (Wildman–Crippen MR) is 105 cm³/mol. The lowest BCUT2D eigenvalue weighted by molar-refractivity contribution is -0.0596. The Labute approximate surface area is 156 Å². The van der Waals surface area contributed by atoms with Crippen molar-refractivity contribution in [2.75, 3.05) is 16.4 Å². The number of carbonyl (C=O) groups excluding carboxylic acids is 1. The Hall–Kier alpha value is -3.51. The Morgan fingerprint density at radius 1 is 1.04 bits per heavy atom. The summed E-state index contributed by atoms with van der Waals surface area (Å²) in [6, 6.07) is 22.0. The van der Waals surface area contributed by atoms with Gasteiger partial charge in [-0.25, -0.2) is 0 Å². The molecule has 1 heterocycles. The fraction of sp³-hybridized carbons (Fsp3) is 0.0952. The van der Waals surface area contributed by atoms with Crippen LogP contribution in [0.25, 0.3) is 0 Å². The summed E-state index contributed by atoms with van der Waals surface area (Å²) < 4.78 is 11.4. The Balaban J connectivity index is 1.33. The molecule has 1 amide bonds. The molecule has 0 spiro atoms. The normalized spacial score (nSPS) is 14.7. The molecule has 1 aliphatic heterocycles. The van der Waals surface area contributed by atoms with Crippen LogP contribution in [-0.2, 0) is 11.3 Å². The first kappa shape index (κ1) is 16.9. The molecule has 1 atom stereocenters. The van der Waals surface area contributed by atoms with Gasteiger partial charge in [0, 0.05) is 5.56 Å². The molecule has 0 aromatic heterocycles. The van der Waals surface area contributed by atoms with Crippen LogP contribution < -0.4 is 21.1 Å². The number of benzene rings is 3. The van der Waals surface area contributed by atoms with E-state index in [1.165, 1.54) is 0 Å². The summed E-state index contributed by atoms with van der Waals surface area (Å²) in [4.78, 5) is 12.3. The van der Waals surface area contributed by atoms with Crippen LogP contribution in [-0.4, -0.2) is 12.3 Å². The highest BCUT2D eigenvalue weighted by molar-refractivity contribution is 6.05. The Morgan fingerprint density at radius 2 is 1.78 bits per heavy atom. The fourth-order valence-electron chi connectivity index (χ4n) is 2.77. The maximum Gasteiger partial charge on any atom is 0.282 e. The highest BCUT2D eigenvalue weighted by Gasteiger charge is 2.21. The van der Waals surface area contributed by atoms with Gasteiger partial charge in [-0.05, 0) is 42.0 Å². The zero-order valence-electron chi connectivity index (χ0n) is 14.5. The minimum Gasteiger partial charge on any atom is -0.445 e. The number of ether oxygens (including phenoxy) is 2. The average molecular weight is 361 g/mol. The van der Waals surface area contributed by atoms with Crippen molar-refractivity contribution in [2.24, 2.45) is 0 Å². The molecule has 0 radical (unpaired) electrons. The van der Waals surface area contributed by atoms with Crippen LogP contribution in [0, 0.1) is 0 Å². The smallest absolute Gasteiger partial charge is 0.282 e. The van der Waals surface area contributed by atoms with Crippen LogP contribution in [0.2, 0.25) is 0 Å². The maximum absolute atomic E-state index is 12.3. The van der Waals surface area contributed by atoms with Crippen molar-refractivity contribution < 1.29 is 14.3 Å². The van der Waals surface area contributed by atoms with Gasteiger partial charge >= 0.3 is 0 Å². The molecule has 0 aliphatic carbocycles. The number of fused-ring (bicyclic) bond motifs is 1. The quantitative estimate of drug-likeness (QED) is 0.602. The van der Waals surface area contributed by atoms with Gasteiger partial charge in [0.05, 0.1) is 23.7 Å². The minimum absolute atomic E-state index is 0.211. The van der Waals surface area contributed by atoms with Gasteiger partial charge in [0.1, 0.15) is 5.75 Å². The summed E-state index contributed by atoms with van der Waals surface area (Å²) in [5.74, 6) is 0.561. The number of nitrogens with one attached hydrogen (secondary N) is 2. The number of anilines is 3. The Morgan fingerprint density at radius 3 is 2.56 bits per heavy atom. The molecule has 0 bridgehead atoms. The summed E-state index contributed by atoms with van der Waals surface area (Å²) in [5, 5.41) is 5.95.